The molecule has 2 aromatic rings. The van der Waals surface area contributed by atoms with Crippen molar-refractivity contribution in [1.29, 1.82) is 0 Å². The molecular weight excluding hydrogens is 356 g/mol. The van der Waals surface area contributed by atoms with Gasteiger partial charge in [-0.05, 0) is 30.4 Å². The maximum absolute atomic E-state index is 10.6. The molecule has 1 aromatic carbocycles. The molecule has 1 aromatic heterocycles. The molecule has 156 valence electrons. The Hall–Kier alpha value is -1.44. The van der Waals surface area contributed by atoms with Gasteiger partial charge < -0.3 is 24.6 Å². The van der Waals surface area contributed by atoms with E-state index in [0.717, 1.165) is 23.7 Å². The number of nitrogens with zero attached hydrogens (tertiary/aromatic N) is 2. The zero-order valence-corrected chi connectivity index (χ0v) is 16.6. The highest BCUT2D eigenvalue weighted by molar-refractivity contribution is 5.79. The summed E-state index contributed by atoms with van der Waals surface area (Å²) < 4.78 is 7.90. The first kappa shape index (κ1) is 21.3. The number of aliphatic hydroxyl groups is 3. The van der Waals surface area contributed by atoms with Gasteiger partial charge in [0.25, 0.3) is 0 Å². The van der Waals surface area contributed by atoms with Crippen LogP contribution in [0.2, 0.25) is 0 Å². The maximum Gasteiger partial charge on any atom is 0.0900 e. The Bertz CT molecular complexity index is 699. The van der Waals surface area contributed by atoms with Crippen molar-refractivity contribution < 1.29 is 20.1 Å². The van der Waals surface area contributed by atoms with E-state index < -0.39 is 12.2 Å². The van der Waals surface area contributed by atoms with Crippen LogP contribution in [0.1, 0.15) is 32.1 Å². The van der Waals surface area contributed by atoms with E-state index in [1.807, 2.05) is 39.9 Å². The van der Waals surface area contributed by atoms with Gasteiger partial charge in [-0.1, -0.05) is 37.5 Å². The Labute approximate surface area is 167 Å². The minimum Gasteiger partial charge on any atom is -0.395 e. The Morgan fingerprint density at radius 3 is 2.57 bits per heavy atom. The Kier molecular flexibility index (Phi) is 8.30. The van der Waals surface area contributed by atoms with Crippen LogP contribution in [-0.4, -0.2) is 75.9 Å². The number of aliphatic hydroxyl groups excluding tert-OH is 3. The summed E-state index contributed by atoms with van der Waals surface area (Å²) in [5.74, 6) is 0. The third kappa shape index (κ3) is 6.29. The van der Waals surface area contributed by atoms with Crippen molar-refractivity contribution in [3.8, 4) is 0 Å². The number of hydrogen-bond acceptors (Lipinski definition) is 5. The summed E-state index contributed by atoms with van der Waals surface area (Å²) >= 11 is 0. The van der Waals surface area contributed by atoms with Crippen molar-refractivity contribution in [2.45, 2.75) is 57.0 Å². The average molecular weight is 391 g/mol. The topological polar surface area (TPSA) is 78.1 Å². The zero-order valence-electron chi connectivity index (χ0n) is 16.6. The molecule has 1 aliphatic carbocycles. The molecule has 0 amide bonds. The lowest BCUT2D eigenvalue weighted by molar-refractivity contribution is -0.0381. The first-order valence-electron chi connectivity index (χ1n) is 10.5. The van der Waals surface area contributed by atoms with Gasteiger partial charge in [0.2, 0.25) is 0 Å². The molecule has 28 heavy (non-hydrogen) atoms. The van der Waals surface area contributed by atoms with Crippen molar-refractivity contribution in [3.05, 3.63) is 36.5 Å². The second-order valence-corrected chi connectivity index (χ2v) is 7.91. The third-order valence-electron chi connectivity index (χ3n) is 5.52. The molecule has 0 bridgehead atoms. The zero-order chi connectivity index (χ0) is 19.8. The molecule has 0 spiro atoms. The smallest absolute Gasteiger partial charge is 0.0900 e. The second kappa shape index (κ2) is 10.9. The van der Waals surface area contributed by atoms with E-state index >= 15 is 0 Å². The summed E-state index contributed by atoms with van der Waals surface area (Å²) in [7, 11) is 0. The van der Waals surface area contributed by atoms with E-state index in [4.69, 9.17) is 4.74 Å². The van der Waals surface area contributed by atoms with E-state index in [2.05, 4.69) is 6.07 Å². The number of hydrogen-bond donors (Lipinski definition) is 3. The van der Waals surface area contributed by atoms with Gasteiger partial charge in [0.15, 0.2) is 0 Å². The van der Waals surface area contributed by atoms with E-state index in [0.29, 0.717) is 32.8 Å². The van der Waals surface area contributed by atoms with E-state index in [1.165, 1.54) is 19.3 Å². The fourth-order valence-corrected chi connectivity index (χ4v) is 4.11. The molecule has 2 atom stereocenters. The summed E-state index contributed by atoms with van der Waals surface area (Å²) in [5.41, 5.74) is 1.09. The summed E-state index contributed by atoms with van der Waals surface area (Å²) in [5, 5.41) is 31.4. The fourth-order valence-electron chi connectivity index (χ4n) is 4.11. The minimum absolute atomic E-state index is 0.00459. The van der Waals surface area contributed by atoms with Gasteiger partial charge in [-0.25, -0.2) is 0 Å². The number of para-hydroxylation sites is 1. The van der Waals surface area contributed by atoms with Crippen LogP contribution in [-0.2, 0) is 11.3 Å². The minimum atomic E-state index is -0.618. The summed E-state index contributed by atoms with van der Waals surface area (Å²) in [4.78, 5) is 1.91. The third-order valence-corrected chi connectivity index (χ3v) is 5.52. The highest BCUT2D eigenvalue weighted by Crippen LogP contribution is 2.20. The van der Waals surface area contributed by atoms with Gasteiger partial charge in [0.05, 0.1) is 31.5 Å². The van der Waals surface area contributed by atoms with Gasteiger partial charge in [-0.2, -0.15) is 0 Å². The molecular formula is C22H34N2O4. The molecule has 0 radical (unpaired) electrons. The van der Waals surface area contributed by atoms with E-state index in [-0.39, 0.29) is 12.7 Å². The highest BCUT2D eigenvalue weighted by Gasteiger charge is 2.19. The van der Waals surface area contributed by atoms with Crippen molar-refractivity contribution in [2.24, 2.45) is 0 Å². The number of fused-ring (bicyclic) bond motifs is 1. The van der Waals surface area contributed by atoms with Crippen molar-refractivity contribution in [1.82, 2.24) is 9.47 Å². The predicted molar refractivity (Wildman–Crippen MR) is 110 cm³/mol. The Morgan fingerprint density at radius 1 is 1.04 bits per heavy atom. The predicted octanol–water partition coefficient (Wildman–Crippen LogP) is 2.01. The van der Waals surface area contributed by atoms with Gasteiger partial charge >= 0.3 is 0 Å². The Morgan fingerprint density at radius 2 is 1.79 bits per heavy atom. The van der Waals surface area contributed by atoms with Gasteiger partial charge in [0.1, 0.15) is 0 Å². The van der Waals surface area contributed by atoms with Crippen LogP contribution < -0.4 is 0 Å². The van der Waals surface area contributed by atoms with Crippen LogP contribution >= 0.6 is 0 Å². The molecule has 6 nitrogen and oxygen atoms in total. The molecule has 1 fully saturated rings. The molecule has 1 saturated carbocycles. The number of benzene rings is 1. The summed E-state index contributed by atoms with van der Waals surface area (Å²) in [6.07, 6.45) is 6.89. The molecule has 1 heterocycles. The van der Waals surface area contributed by atoms with E-state index in [1.54, 1.807) is 0 Å². The van der Waals surface area contributed by atoms with Crippen molar-refractivity contribution >= 4 is 10.9 Å². The molecule has 3 N–H and O–H groups in total. The lowest BCUT2D eigenvalue weighted by atomic mass is 9.98. The molecule has 6 heteroatoms. The molecule has 0 aliphatic heterocycles. The van der Waals surface area contributed by atoms with Crippen LogP contribution in [0, 0.1) is 0 Å². The average Bonchev–Trinajstić information content (AvgIpc) is 3.10. The maximum atomic E-state index is 10.6. The standard InChI is InChI=1S/C22H34N2O4/c25-13-12-23(15-20(27)17-28-21-7-2-1-3-8-21)14-19(26)16-24-11-10-18-6-4-5-9-22(18)24/h4-6,9-11,19-21,25-27H,1-3,7-8,12-17H2/t19-,20+/m1/s1. The van der Waals surface area contributed by atoms with Gasteiger partial charge in [-0.15, -0.1) is 0 Å². The largest absolute Gasteiger partial charge is 0.395 e. The van der Waals surface area contributed by atoms with Crippen molar-refractivity contribution in [2.75, 3.05) is 32.8 Å². The summed E-state index contributed by atoms with van der Waals surface area (Å²) in [6, 6.07) is 10.1. The fraction of sp³-hybridized carbons (Fsp3) is 0.636. The van der Waals surface area contributed by atoms with Crippen LogP contribution in [0.5, 0.6) is 0 Å². The van der Waals surface area contributed by atoms with Crippen LogP contribution in [0.15, 0.2) is 36.5 Å². The quantitative estimate of drug-likeness (QED) is 0.547. The lowest BCUT2D eigenvalue weighted by Crippen LogP contribution is -2.42. The normalized spacial score (nSPS) is 18.0. The second-order valence-electron chi connectivity index (χ2n) is 7.91. The summed E-state index contributed by atoms with van der Waals surface area (Å²) in [6.45, 7) is 1.98. The first-order chi connectivity index (χ1) is 13.7. The highest BCUT2D eigenvalue weighted by atomic mass is 16.5. The van der Waals surface area contributed by atoms with E-state index in [9.17, 15) is 15.3 Å². The van der Waals surface area contributed by atoms with Gasteiger partial charge in [-0.3, -0.25) is 4.90 Å². The van der Waals surface area contributed by atoms with Crippen LogP contribution in [0.25, 0.3) is 10.9 Å². The number of rotatable bonds is 11. The molecule has 0 unspecified atom stereocenters. The number of aromatic nitrogens is 1. The van der Waals surface area contributed by atoms with Crippen LogP contribution in [0.3, 0.4) is 0 Å². The number of ether oxygens (including phenoxy) is 1. The van der Waals surface area contributed by atoms with Crippen LogP contribution in [0.4, 0.5) is 0 Å². The molecule has 0 saturated heterocycles. The van der Waals surface area contributed by atoms with Gasteiger partial charge in [0, 0.05) is 37.9 Å². The first-order valence-corrected chi connectivity index (χ1v) is 10.5. The monoisotopic (exact) mass is 390 g/mol. The molecule has 3 rings (SSSR count). The molecule has 1 aliphatic rings. The Balaban J connectivity index is 1.47. The lowest BCUT2D eigenvalue weighted by Gasteiger charge is -2.28. The van der Waals surface area contributed by atoms with Crippen molar-refractivity contribution in [3.63, 3.8) is 0 Å². The SMILES string of the molecule is OCCN(C[C@H](O)COC1CCCCC1)C[C@@H](O)Cn1ccc2ccccc21.